The smallest absolute Gasteiger partial charge is 0.278 e. The summed E-state index contributed by atoms with van der Waals surface area (Å²) in [7, 11) is 0. The van der Waals surface area contributed by atoms with Crippen molar-refractivity contribution < 1.29 is 9.72 Å². The molecule has 5 heteroatoms. The third-order valence-corrected chi connectivity index (χ3v) is 3.50. The molecule has 1 atom stereocenters. The third kappa shape index (κ3) is 3.36. The molecule has 0 aliphatic rings. The van der Waals surface area contributed by atoms with Gasteiger partial charge in [-0.2, -0.15) is 0 Å². The van der Waals surface area contributed by atoms with Crippen LogP contribution in [-0.4, -0.2) is 15.7 Å². The molecule has 1 aromatic heterocycles. The SMILES string of the molecule is CC(=O)C(Cc1ncc(C)c([N+](=O)[O-])c1C)C(C)C. The summed E-state index contributed by atoms with van der Waals surface area (Å²) >= 11 is 0. The first-order valence-electron chi connectivity index (χ1n) is 6.35. The van der Waals surface area contributed by atoms with Crippen LogP contribution in [0.1, 0.15) is 37.6 Å². The maximum absolute atomic E-state index is 11.6. The minimum absolute atomic E-state index is 0.0967. The minimum atomic E-state index is -0.381. The summed E-state index contributed by atoms with van der Waals surface area (Å²) in [6.07, 6.45) is 1.97. The summed E-state index contributed by atoms with van der Waals surface area (Å²) in [5.74, 6) is 0.145. The van der Waals surface area contributed by atoms with Crippen LogP contribution in [0.15, 0.2) is 6.20 Å². The van der Waals surface area contributed by atoms with E-state index in [4.69, 9.17) is 0 Å². The highest BCUT2D eigenvalue weighted by Crippen LogP contribution is 2.27. The number of hydrogen-bond acceptors (Lipinski definition) is 4. The van der Waals surface area contributed by atoms with E-state index >= 15 is 0 Å². The maximum atomic E-state index is 11.6. The molecular formula is C14H20N2O3. The maximum Gasteiger partial charge on any atom is 0.278 e. The minimum Gasteiger partial charge on any atom is -0.300 e. The van der Waals surface area contributed by atoms with Crippen molar-refractivity contribution in [2.75, 3.05) is 0 Å². The Morgan fingerprint density at radius 3 is 2.42 bits per heavy atom. The summed E-state index contributed by atoms with van der Waals surface area (Å²) in [4.78, 5) is 26.6. The molecule has 0 amide bonds. The van der Waals surface area contributed by atoms with E-state index in [1.54, 1.807) is 20.8 Å². The van der Waals surface area contributed by atoms with Gasteiger partial charge in [0.25, 0.3) is 5.69 Å². The zero-order valence-electron chi connectivity index (χ0n) is 12.1. The third-order valence-electron chi connectivity index (χ3n) is 3.50. The second kappa shape index (κ2) is 5.91. The average Bonchev–Trinajstić information content (AvgIpc) is 2.26. The number of aryl methyl sites for hydroxylation is 1. The Bertz CT molecular complexity index is 510. The molecule has 1 heterocycles. The number of nitrogens with zero attached hydrogens (tertiary/aromatic N) is 2. The Morgan fingerprint density at radius 2 is 2.00 bits per heavy atom. The molecule has 0 radical (unpaired) electrons. The fraction of sp³-hybridized carbons (Fsp3) is 0.571. The van der Waals surface area contributed by atoms with Crippen LogP contribution in [0, 0.1) is 35.8 Å². The summed E-state index contributed by atoms with van der Waals surface area (Å²) in [6.45, 7) is 8.88. The lowest BCUT2D eigenvalue weighted by molar-refractivity contribution is -0.386. The quantitative estimate of drug-likeness (QED) is 0.605. The lowest BCUT2D eigenvalue weighted by atomic mass is 9.86. The molecular weight excluding hydrogens is 244 g/mol. The first-order chi connectivity index (χ1) is 8.75. The van der Waals surface area contributed by atoms with Crippen LogP contribution in [0.5, 0.6) is 0 Å². The van der Waals surface area contributed by atoms with E-state index in [1.807, 2.05) is 13.8 Å². The summed E-state index contributed by atoms with van der Waals surface area (Å²) in [5.41, 5.74) is 1.87. The first-order valence-corrected chi connectivity index (χ1v) is 6.35. The number of carbonyl (C=O) groups is 1. The normalized spacial score (nSPS) is 12.5. The van der Waals surface area contributed by atoms with Gasteiger partial charge in [0.15, 0.2) is 0 Å². The lowest BCUT2D eigenvalue weighted by Crippen LogP contribution is -2.21. The first kappa shape index (κ1) is 15.3. The molecule has 0 saturated carbocycles. The highest BCUT2D eigenvalue weighted by Gasteiger charge is 2.24. The van der Waals surface area contributed by atoms with Crippen molar-refractivity contribution in [1.82, 2.24) is 4.98 Å². The standard InChI is InChI=1S/C14H20N2O3/c1-8(2)12(11(5)17)6-13-10(4)14(16(18)19)9(3)7-15-13/h7-8,12H,6H2,1-5H3. The second-order valence-electron chi connectivity index (χ2n) is 5.28. The molecule has 5 nitrogen and oxygen atoms in total. The molecule has 104 valence electrons. The van der Waals surface area contributed by atoms with Gasteiger partial charge in [-0.15, -0.1) is 0 Å². The van der Waals surface area contributed by atoms with Crippen molar-refractivity contribution in [3.05, 3.63) is 33.1 Å². The summed E-state index contributed by atoms with van der Waals surface area (Å²) in [5, 5.41) is 11.1. The number of pyridine rings is 1. The molecule has 0 spiro atoms. The van der Waals surface area contributed by atoms with E-state index in [2.05, 4.69) is 4.98 Å². The molecule has 1 aromatic rings. The average molecular weight is 264 g/mol. The predicted molar refractivity (Wildman–Crippen MR) is 73.1 cm³/mol. The van der Waals surface area contributed by atoms with E-state index in [9.17, 15) is 14.9 Å². The van der Waals surface area contributed by atoms with Gasteiger partial charge in [0.1, 0.15) is 5.78 Å². The van der Waals surface area contributed by atoms with E-state index < -0.39 is 0 Å². The molecule has 0 N–H and O–H groups in total. The van der Waals surface area contributed by atoms with Gasteiger partial charge >= 0.3 is 0 Å². The largest absolute Gasteiger partial charge is 0.300 e. The number of aromatic nitrogens is 1. The van der Waals surface area contributed by atoms with E-state index in [0.29, 0.717) is 23.2 Å². The van der Waals surface area contributed by atoms with Crippen molar-refractivity contribution >= 4 is 11.5 Å². The topological polar surface area (TPSA) is 73.1 Å². The van der Waals surface area contributed by atoms with Crippen LogP contribution in [0.4, 0.5) is 5.69 Å². The predicted octanol–water partition coefficient (Wildman–Crippen LogP) is 3.01. The van der Waals surface area contributed by atoms with Crippen LogP contribution in [0.25, 0.3) is 0 Å². The Kier molecular flexibility index (Phi) is 4.75. The Morgan fingerprint density at radius 1 is 1.42 bits per heavy atom. The van der Waals surface area contributed by atoms with Crippen molar-refractivity contribution in [3.8, 4) is 0 Å². The molecule has 0 saturated heterocycles. The van der Waals surface area contributed by atoms with Gasteiger partial charge in [-0.3, -0.25) is 19.9 Å². The van der Waals surface area contributed by atoms with Crippen molar-refractivity contribution in [3.63, 3.8) is 0 Å². The van der Waals surface area contributed by atoms with Gasteiger partial charge in [-0.05, 0) is 26.7 Å². The van der Waals surface area contributed by atoms with Crippen LogP contribution >= 0.6 is 0 Å². The van der Waals surface area contributed by atoms with Crippen LogP contribution in [0.3, 0.4) is 0 Å². The van der Waals surface area contributed by atoms with Gasteiger partial charge in [0.05, 0.1) is 10.6 Å². The fourth-order valence-electron chi connectivity index (χ4n) is 2.31. The molecule has 0 aliphatic heterocycles. The van der Waals surface area contributed by atoms with Gasteiger partial charge in [0.2, 0.25) is 0 Å². The van der Waals surface area contributed by atoms with Gasteiger partial charge in [-0.1, -0.05) is 13.8 Å². The highest BCUT2D eigenvalue weighted by molar-refractivity contribution is 5.78. The van der Waals surface area contributed by atoms with Crippen LogP contribution < -0.4 is 0 Å². The van der Waals surface area contributed by atoms with Crippen molar-refractivity contribution in [1.29, 1.82) is 0 Å². The molecule has 0 aliphatic carbocycles. The molecule has 0 fully saturated rings. The highest BCUT2D eigenvalue weighted by atomic mass is 16.6. The van der Waals surface area contributed by atoms with E-state index in [0.717, 1.165) is 0 Å². The van der Waals surface area contributed by atoms with Gasteiger partial charge < -0.3 is 0 Å². The van der Waals surface area contributed by atoms with Crippen LogP contribution in [0.2, 0.25) is 0 Å². The second-order valence-corrected chi connectivity index (χ2v) is 5.28. The Hall–Kier alpha value is -1.78. The number of rotatable bonds is 5. The van der Waals surface area contributed by atoms with Crippen molar-refractivity contribution in [2.45, 2.75) is 41.0 Å². The Labute approximate surface area is 113 Å². The summed E-state index contributed by atoms with van der Waals surface area (Å²) < 4.78 is 0. The van der Waals surface area contributed by atoms with E-state index in [-0.39, 0.29) is 28.2 Å². The van der Waals surface area contributed by atoms with Crippen LogP contribution in [-0.2, 0) is 11.2 Å². The van der Waals surface area contributed by atoms with E-state index in [1.165, 1.54) is 6.20 Å². The number of hydrogen-bond donors (Lipinski definition) is 0. The molecule has 1 rings (SSSR count). The summed E-state index contributed by atoms with van der Waals surface area (Å²) in [6, 6.07) is 0. The number of Topliss-reactive ketones (excluding diaryl/α,β-unsaturated/α-hetero) is 1. The number of nitro groups is 1. The zero-order chi connectivity index (χ0) is 14.7. The van der Waals surface area contributed by atoms with Gasteiger partial charge in [-0.25, -0.2) is 0 Å². The molecule has 0 bridgehead atoms. The molecule has 1 unspecified atom stereocenters. The Balaban J connectivity index is 3.19. The fourth-order valence-corrected chi connectivity index (χ4v) is 2.31. The number of carbonyl (C=O) groups excluding carboxylic acids is 1. The molecule has 0 aromatic carbocycles. The molecule has 19 heavy (non-hydrogen) atoms. The lowest BCUT2D eigenvalue weighted by Gasteiger charge is -2.18. The van der Waals surface area contributed by atoms with Gasteiger partial charge in [0, 0.05) is 29.7 Å². The number of ketones is 1. The van der Waals surface area contributed by atoms with Crippen molar-refractivity contribution in [2.24, 2.45) is 11.8 Å². The zero-order valence-corrected chi connectivity index (χ0v) is 12.1. The monoisotopic (exact) mass is 264 g/mol.